The first-order valence-electron chi connectivity index (χ1n) is 7.41. The van der Waals surface area contributed by atoms with Gasteiger partial charge in [-0.05, 0) is 18.8 Å². The van der Waals surface area contributed by atoms with Crippen molar-refractivity contribution < 1.29 is 10.0 Å². The van der Waals surface area contributed by atoms with Crippen molar-refractivity contribution in [3.05, 3.63) is 0 Å². The van der Waals surface area contributed by atoms with E-state index in [4.69, 9.17) is 10.9 Å². The molecule has 0 saturated heterocycles. The van der Waals surface area contributed by atoms with E-state index >= 15 is 0 Å². The Kier molecular flexibility index (Phi) is 7.30. The summed E-state index contributed by atoms with van der Waals surface area (Å²) in [6.07, 6.45) is 9.29. The molecule has 4 N–H and O–H groups in total. The molecular formula is C14H27N3O2. The molecule has 1 aliphatic rings. The zero-order valence-corrected chi connectivity index (χ0v) is 11.9. The van der Waals surface area contributed by atoms with Gasteiger partial charge in [0.1, 0.15) is 5.84 Å². The Morgan fingerprint density at radius 1 is 1.42 bits per heavy atom. The summed E-state index contributed by atoms with van der Waals surface area (Å²) >= 11 is 0. The van der Waals surface area contributed by atoms with Crippen LogP contribution in [0, 0.1) is 5.92 Å². The lowest BCUT2D eigenvalue weighted by atomic mass is 9.86. The summed E-state index contributed by atoms with van der Waals surface area (Å²) in [6.45, 7) is 1.98. The molecule has 0 heterocycles. The van der Waals surface area contributed by atoms with Crippen molar-refractivity contribution in [3.8, 4) is 0 Å². The molecule has 0 aromatic heterocycles. The third kappa shape index (κ3) is 6.45. The Morgan fingerprint density at radius 3 is 2.68 bits per heavy atom. The standard InChI is InChI=1S/C14H27N3O2/c1-2-12(10-13(15)17-19)16-14(18)9-8-11-6-4-3-5-7-11/h11-12,19H,2-10H2,1H3,(H2,15,17)(H,16,18). The number of hydrogen-bond acceptors (Lipinski definition) is 3. The number of nitrogens with one attached hydrogen (secondary N) is 1. The van der Waals surface area contributed by atoms with Crippen LogP contribution in [0.5, 0.6) is 0 Å². The van der Waals surface area contributed by atoms with Crippen LogP contribution in [0.3, 0.4) is 0 Å². The third-order valence-electron chi connectivity index (χ3n) is 3.95. The highest BCUT2D eigenvalue weighted by Gasteiger charge is 2.16. The molecule has 1 amide bonds. The van der Waals surface area contributed by atoms with Crippen molar-refractivity contribution in [2.24, 2.45) is 16.8 Å². The van der Waals surface area contributed by atoms with Crippen molar-refractivity contribution in [3.63, 3.8) is 0 Å². The van der Waals surface area contributed by atoms with Crippen molar-refractivity contribution in [1.82, 2.24) is 5.32 Å². The van der Waals surface area contributed by atoms with Crippen LogP contribution in [0.2, 0.25) is 0 Å². The number of hydrogen-bond donors (Lipinski definition) is 3. The number of carbonyl (C=O) groups is 1. The summed E-state index contributed by atoms with van der Waals surface area (Å²) in [5.41, 5.74) is 5.46. The van der Waals surface area contributed by atoms with Gasteiger partial charge in [-0.1, -0.05) is 44.2 Å². The second-order valence-electron chi connectivity index (χ2n) is 5.51. The van der Waals surface area contributed by atoms with Crippen LogP contribution in [-0.2, 0) is 4.79 Å². The predicted molar refractivity (Wildman–Crippen MR) is 76.1 cm³/mol. The Bertz CT molecular complexity index is 299. The number of nitrogens with two attached hydrogens (primary N) is 1. The zero-order valence-electron chi connectivity index (χ0n) is 11.9. The van der Waals surface area contributed by atoms with Crippen molar-refractivity contribution in [2.45, 2.75) is 70.8 Å². The minimum Gasteiger partial charge on any atom is -0.409 e. The van der Waals surface area contributed by atoms with E-state index in [1.165, 1.54) is 32.1 Å². The molecule has 0 aromatic rings. The lowest BCUT2D eigenvalue weighted by molar-refractivity contribution is -0.122. The molecule has 5 nitrogen and oxygen atoms in total. The second-order valence-corrected chi connectivity index (χ2v) is 5.51. The largest absolute Gasteiger partial charge is 0.409 e. The van der Waals surface area contributed by atoms with E-state index in [1.54, 1.807) is 0 Å². The van der Waals surface area contributed by atoms with Crippen LogP contribution in [0.25, 0.3) is 0 Å². The molecule has 1 fully saturated rings. The quantitative estimate of drug-likeness (QED) is 0.287. The molecule has 1 rings (SSSR count). The number of oxime groups is 1. The summed E-state index contributed by atoms with van der Waals surface area (Å²) in [7, 11) is 0. The zero-order chi connectivity index (χ0) is 14.1. The predicted octanol–water partition coefficient (Wildman–Crippen LogP) is 2.38. The maximum absolute atomic E-state index is 11.9. The normalized spacial score (nSPS) is 19.1. The molecule has 5 heteroatoms. The Hall–Kier alpha value is -1.26. The summed E-state index contributed by atoms with van der Waals surface area (Å²) in [4.78, 5) is 11.9. The molecule has 0 bridgehead atoms. The molecule has 110 valence electrons. The highest BCUT2D eigenvalue weighted by atomic mass is 16.4. The SMILES string of the molecule is CCC(CC(N)=NO)NC(=O)CCC1CCCCC1. The van der Waals surface area contributed by atoms with E-state index in [0.29, 0.717) is 12.8 Å². The lowest BCUT2D eigenvalue weighted by Crippen LogP contribution is -2.37. The number of amides is 1. The van der Waals surface area contributed by atoms with E-state index in [1.807, 2.05) is 6.92 Å². The molecule has 1 atom stereocenters. The number of nitrogens with zero attached hydrogens (tertiary/aromatic N) is 1. The highest BCUT2D eigenvalue weighted by Crippen LogP contribution is 2.27. The van der Waals surface area contributed by atoms with Crippen LogP contribution < -0.4 is 11.1 Å². The summed E-state index contributed by atoms with van der Waals surface area (Å²) in [5, 5.41) is 14.4. The third-order valence-corrected chi connectivity index (χ3v) is 3.95. The summed E-state index contributed by atoms with van der Waals surface area (Å²) in [5.74, 6) is 0.978. The second kappa shape index (κ2) is 8.77. The molecule has 0 radical (unpaired) electrons. The van der Waals surface area contributed by atoms with Gasteiger partial charge in [-0.15, -0.1) is 0 Å². The fourth-order valence-electron chi connectivity index (χ4n) is 2.70. The van der Waals surface area contributed by atoms with E-state index in [-0.39, 0.29) is 17.8 Å². The Balaban J connectivity index is 2.24. The average Bonchev–Trinajstić information content (AvgIpc) is 2.45. The van der Waals surface area contributed by atoms with Crippen molar-refractivity contribution >= 4 is 11.7 Å². The maximum Gasteiger partial charge on any atom is 0.220 e. The van der Waals surface area contributed by atoms with Crippen LogP contribution in [0.4, 0.5) is 0 Å². The van der Waals surface area contributed by atoms with Gasteiger partial charge in [0.05, 0.1) is 0 Å². The molecule has 1 unspecified atom stereocenters. The first-order valence-corrected chi connectivity index (χ1v) is 7.41. The molecule has 1 saturated carbocycles. The van der Waals surface area contributed by atoms with E-state index < -0.39 is 0 Å². The molecule has 1 aliphatic carbocycles. The van der Waals surface area contributed by atoms with Gasteiger partial charge in [0.15, 0.2) is 0 Å². The maximum atomic E-state index is 11.9. The average molecular weight is 269 g/mol. The van der Waals surface area contributed by atoms with Gasteiger partial charge in [-0.2, -0.15) is 0 Å². The fourth-order valence-corrected chi connectivity index (χ4v) is 2.70. The molecular weight excluding hydrogens is 242 g/mol. The minimum absolute atomic E-state index is 0.0326. The van der Waals surface area contributed by atoms with Gasteiger partial charge < -0.3 is 16.3 Å². The van der Waals surface area contributed by atoms with Crippen LogP contribution in [0.1, 0.15) is 64.7 Å². The van der Waals surface area contributed by atoms with Crippen LogP contribution >= 0.6 is 0 Å². The van der Waals surface area contributed by atoms with E-state index in [2.05, 4.69) is 10.5 Å². The number of carbonyl (C=O) groups excluding carboxylic acids is 1. The van der Waals surface area contributed by atoms with E-state index in [9.17, 15) is 4.79 Å². The van der Waals surface area contributed by atoms with Gasteiger partial charge in [0, 0.05) is 18.9 Å². The van der Waals surface area contributed by atoms with Crippen molar-refractivity contribution in [1.29, 1.82) is 0 Å². The van der Waals surface area contributed by atoms with Crippen LogP contribution in [-0.4, -0.2) is 23.0 Å². The van der Waals surface area contributed by atoms with Gasteiger partial charge in [0.2, 0.25) is 5.91 Å². The monoisotopic (exact) mass is 269 g/mol. The summed E-state index contributed by atoms with van der Waals surface area (Å²) < 4.78 is 0. The first kappa shape index (κ1) is 15.8. The number of amidine groups is 1. The summed E-state index contributed by atoms with van der Waals surface area (Å²) in [6, 6.07) is -0.0326. The lowest BCUT2D eigenvalue weighted by Gasteiger charge is -2.22. The Morgan fingerprint density at radius 2 is 2.11 bits per heavy atom. The van der Waals surface area contributed by atoms with Gasteiger partial charge >= 0.3 is 0 Å². The molecule has 0 aromatic carbocycles. The van der Waals surface area contributed by atoms with Crippen LogP contribution in [0.15, 0.2) is 5.16 Å². The van der Waals surface area contributed by atoms with Gasteiger partial charge in [-0.3, -0.25) is 4.79 Å². The van der Waals surface area contributed by atoms with Gasteiger partial charge in [0.25, 0.3) is 0 Å². The topological polar surface area (TPSA) is 87.7 Å². The smallest absolute Gasteiger partial charge is 0.220 e. The van der Waals surface area contributed by atoms with E-state index in [0.717, 1.165) is 18.8 Å². The molecule has 0 aliphatic heterocycles. The Labute approximate surface area is 115 Å². The number of rotatable bonds is 7. The van der Waals surface area contributed by atoms with Gasteiger partial charge in [-0.25, -0.2) is 0 Å². The first-order chi connectivity index (χ1) is 9.15. The fraction of sp³-hybridized carbons (Fsp3) is 0.857. The molecule has 0 spiro atoms. The van der Waals surface area contributed by atoms with Crippen molar-refractivity contribution in [2.75, 3.05) is 0 Å². The highest BCUT2D eigenvalue weighted by molar-refractivity contribution is 5.81. The minimum atomic E-state index is -0.0326. The molecule has 19 heavy (non-hydrogen) atoms.